The number of carbonyl (C=O) groups excluding carboxylic acids is 2. The predicted molar refractivity (Wildman–Crippen MR) is 76.5 cm³/mol. The largest absolute Gasteiger partial charge is 0.463 e. The van der Waals surface area contributed by atoms with Crippen molar-refractivity contribution >= 4 is 24.6 Å². The fourth-order valence-electron chi connectivity index (χ4n) is 4.95. The second-order valence-corrected chi connectivity index (χ2v) is 7.76. The van der Waals surface area contributed by atoms with Gasteiger partial charge in [-0.05, 0) is 56.3 Å². The van der Waals surface area contributed by atoms with E-state index in [0.717, 1.165) is 37.0 Å². The number of ether oxygens (including phenoxy) is 2. The fourth-order valence-corrected chi connectivity index (χ4v) is 5.02. The molecule has 0 radical (unpaired) electrons. The van der Waals surface area contributed by atoms with Crippen molar-refractivity contribution in [3.63, 3.8) is 0 Å². The summed E-state index contributed by atoms with van der Waals surface area (Å²) in [6.07, 6.45) is 7.13. The molecule has 0 aromatic rings. The molecule has 0 N–H and O–H groups in total. The molecule has 0 saturated heterocycles. The van der Waals surface area contributed by atoms with E-state index >= 15 is 0 Å². The van der Waals surface area contributed by atoms with Crippen molar-refractivity contribution < 1.29 is 27.8 Å². The van der Waals surface area contributed by atoms with E-state index in [0.29, 0.717) is 6.61 Å². The molecule has 0 heterocycles. The monoisotopic (exact) mass is 334 g/mol. The topological polar surface area (TPSA) is 52.6 Å². The van der Waals surface area contributed by atoms with Gasteiger partial charge in [0.2, 0.25) is 0 Å². The summed E-state index contributed by atoms with van der Waals surface area (Å²) < 4.78 is 34.4. The highest BCUT2D eigenvalue weighted by Gasteiger charge is 2.51. The van der Waals surface area contributed by atoms with Crippen LogP contribution in [0.5, 0.6) is 0 Å². The number of hydrogen-bond acceptors (Lipinski definition) is 5. The summed E-state index contributed by atoms with van der Waals surface area (Å²) >= 11 is 2.79. The van der Waals surface area contributed by atoms with Crippen LogP contribution in [0.25, 0.3) is 0 Å². The number of esters is 2. The van der Waals surface area contributed by atoms with Crippen LogP contribution in [0.1, 0.15) is 38.5 Å². The Labute approximate surface area is 133 Å². The van der Waals surface area contributed by atoms with Crippen LogP contribution >= 0.6 is 12.6 Å². The quantitative estimate of drug-likeness (QED) is 0.620. The molecule has 4 nitrogen and oxygen atoms in total. The van der Waals surface area contributed by atoms with E-state index in [1.165, 1.54) is 19.3 Å². The first kappa shape index (κ1) is 16.0. The number of alkyl halides is 2. The molecular weight excluding hydrogens is 314 g/mol. The smallest absolute Gasteiger partial charge is 0.388 e. The van der Waals surface area contributed by atoms with Crippen LogP contribution in [0, 0.1) is 23.2 Å². The molecule has 4 rings (SSSR count). The zero-order valence-electron chi connectivity index (χ0n) is 12.2. The molecule has 0 amide bonds. The second-order valence-electron chi connectivity index (χ2n) is 7.20. The minimum Gasteiger partial charge on any atom is -0.463 e. The summed E-state index contributed by atoms with van der Waals surface area (Å²) in [5, 5.41) is -3.89. The van der Waals surface area contributed by atoms with Gasteiger partial charge in [-0.2, -0.15) is 8.78 Å². The van der Waals surface area contributed by atoms with Crippen LogP contribution < -0.4 is 0 Å². The Morgan fingerprint density at radius 3 is 2.00 bits per heavy atom. The van der Waals surface area contributed by atoms with Crippen molar-refractivity contribution in [3.8, 4) is 0 Å². The highest BCUT2D eigenvalue weighted by molar-refractivity contribution is 7.82. The van der Waals surface area contributed by atoms with Gasteiger partial charge in [0.05, 0.1) is 6.61 Å². The average Bonchev–Trinajstić information content (AvgIpc) is 2.40. The van der Waals surface area contributed by atoms with Gasteiger partial charge in [0.1, 0.15) is 0 Å². The molecule has 0 aromatic heterocycles. The lowest BCUT2D eigenvalue weighted by Gasteiger charge is -2.56. The Bertz CT molecular complexity index is 439. The van der Waals surface area contributed by atoms with Gasteiger partial charge in [0.15, 0.2) is 6.61 Å². The van der Waals surface area contributed by atoms with E-state index in [1.54, 1.807) is 0 Å². The van der Waals surface area contributed by atoms with Gasteiger partial charge in [-0.3, -0.25) is 0 Å². The first-order chi connectivity index (χ1) is 10.3. The van der Waals surface area contributed by atoms with Crippen molar-refractivity contribution in [2.45, 2.75) is 43.8 Å². The number of rotatable bonds is 5. The van der Waals surface area contributed by atoms with Crippen molar-refractivity contribution in [2.75, 3.05) is 13.2 Å². The van der Waals surface area contributed by atoms with Crippen molar-refractivity contribution in [1.29, 1.82) is 0 Å². The summed E-state index contributed by atoms with van der Waals surface area (Å²) in [4.78, 5) is 22.4. The first-order valence-electron chi connectivity index (χ1n) is 7.69. The Kier molecular flexibility index (Phi) is 4.12. The Morgan fingerprint density at radius 2 is 1.55 bits per heavy atom. The number of hydrogen-bond donors (Lipinski definition) is 1. The molecule has 0 aliphatic heterocycles. The minimum atomic E-state index is -3.89. The molecule has 0 unspecified atom stereocenters. The first-order valence-corrected chi connectivity index (χ1v) is 8.13. The van der Waals surface area contributed by atoms with E-state index in [1.807, 2.05) is 0 Å². The second kappa shape index (κ2) is 5.65. The maximum Gasteiger partial charge on any atom is 0.388 e. The predicted octanol–water partition coefficient (Wildman–Crippen LogP) is 2.81. The van der Waals surface area contributed by atoms with Crippen molar-refractivity contribution in [3.05, 3.63) is 0 Å². The van der Waals surface area contributed by atoms with Gasteiger partial charge in [0.25, 0.3) is 0 Å². The maximum absolute atomic E-state index is 12.5. The van der Waals surface area contributed by atoms with Gasteiger partial charge in [-0.15, -0.1) is 0 Å². The molecule has 4 bridgehead atoms. The Balaban J connectivity index is 1.46. The molecule has 4 aliphatic rings. The molecule has 7 heteroatoms. The van der Waals surface area contributed by atoms with E-state index in [4.69, 9.17) is 4.74 Å². The summed E-state index contributed by atoms with van der Waals surface area (Å²) in [5.41, 5.74) is 0.0574. The zero-order valence-corrected chi connectivity index (χ0v) is 13.1. The Morgan fingerprint density at radius 1 is 1.05 bits per heavy atom. The molecule has 124 valence electrons. The molecule has 4 fully saturated rings. The van der Waals surface area contributed by atoms with Gasteiger partial charge in [0, 0.05) is 5.41 Å². The third-order valence-corrected chi connectivity index (χ3v) is 5.45. The number of halogens is 2. The highest BCUT2D eigenvalue weighted by atomic mass is 32.1. The lowest BCUT2D eigenvalue weighted by molar-refractivity contribution is -0.172. The number of thiol groups is 1. The third-order valence-electron chi connectivity index (χ3n) is 5.27. The van der Waals surface area contributed by atoms with E-state index in [9.17, 15) is 18.4 Å². The molecule has 4 aliphatic carbocycles. The molecular formula is C15H20F2O4S. The molecule has 4 saturated carbocycles. The van der Waals surface area contributed by atoms with E-state index < -0.39 is 23.8 Å². The van der Waals surface area contributed by atoms with Crippen LogP contribution in [-0.4, -0.2) is 30.4 Å². The van der Waals surface area contributed by atoms with Gasteiger partial charge in [-0.1, -0.05) is 12.6 Å². The summed E-state index contributed by atoms with van der Waals surface area (Å²) in [5.74, 6) is -0.383. The van der Waals surface area contributed by atoms with Gasteiger partial charge >= 0.3 is 17.2 Å². The van der Waals surface area contributed by atoms with Crippen LogP contribution in [-0.2, 0) is 19.1 Å². The molecule has 0 spiro atoms. The van der Waals surface area contributed by atoms with Crippen molar-refractivity contribution in [2.24, 2.45) is 23.2 Å². The number of carbonyl (C=O) groups is 2. The van der Waals surface area contributed by atoms with E-state index in [-0.39, 0.29) is 5.41 Å². The standard InChI is InChI=1S/C15H20F2O4S/c16-15(17,22)13(19)20-7-12(18)21-8-14-4-9-1-10(5-14)3-11(2-9)6-14/h9-11,22H,1-8H2. The lowest BCUT2D eigenvalue weighted by Crippen LogP contribution is -2.48. The molecule has 0 aromatic carbocycles. The SMILES string of the molecule is O=C(COC(=O)C(F)(F)S)OCC12CC3CC(CC(C3)C1)C2. The van der Waals surface area contributed by atoms with Crippen LogP contribution in [0.4, 0.5) is 8.78 Å². The lowest BCUT2D eigenvalue weighted by atomic mass is 9.50. The molecule has 22 heavy (non-hydrogen) atoms. The van der Waals surface area contributed by atoms with Crippen LogP contribution in [0.15, 0.2) is 0 Å². The van der Waals surface area contributed by atoms with Crippen LogP contribution in [0.2, 0.25) is 0 Å². The third kappa shape index (κ3) is 3.39. The van der Waals surface area contributed by atoms with Gasteiger partial charge in [-0.25, -0.2) is 9.59 Å². The van der Waals surface area contributed by atoms with Crippen LogP contribution in [0.3, 0.4) is 0 Å². The highest BCUT2D eigenvalue weighted by Crippen LogP contribution is 2.60. The maximum atomic E-state index is 12.5. The fraction of sp³-hybridized carbons (Fsp3) is 0.867. The minimum absolute atomic E-state index is 0.0574. The zero-order chi connectivity index (χ0) is 16.0. The average molecular weight is 334 g/mol. The molecule has 0 atom stereocenters. The normalized spacial score (nSPS) is 36.2. The summed E-state index contributed by atoms with van der Waals surface area (Å²) in [6, 6.07) is 0. The Hall–Kier alpha value is -0.850. The summed E-state index contributed by atoms with van der Waals surface area (Å²) in [6.45, 7) is -0.481. The van der Waals surface area contributed by atoms with Gasteiger partial charge < -0.3 is 9.47 Å². The summed E-state index contributed by atoms with van der Waals surface area (Å²) in [7, 11) is 0. The van der Waals surface area contributed by atoms with E-state index in [2.05, 4.69) is 17.4 Å². The van der Waals surface area contributed by atoms with Crippen molar-refractivity contribution in [1.82, 2.24) is 0 Å².